The number of hydrogen-bond acceptors (Lipinski definition) is 4. The number of allylic oxidation sites excluding steroid dienone is 1. The number of carbonyl (C=O) groups is 2. The normalized spacial score (nSPS) is 41.3. The van der Waals surface area contributed by atoms with Gasteiger partial charge < -0.3 is 9.64 Å². The van der Waals surface area contributed by atoms with Crippen molar-refractivity contribution in [1.82, 2.24) is 9.80 Å². The molecule has 1 spiro atoms. The Hall–Kier alpha value is -1.98. The Morgan fingerprint density at radius 3 is 2.69 bits per heavy atom. The Kier molecular flexibility index (Phi) is 8.59. The summed E-state index contributed by atoms with van der Waals surface area (Å²) in [5.41, 5.74) is 4.94. The third-order valence-electron chi connectivity index (χ3n) is 14.3. The molecule has 0 aromatic heterocycles. The zero-order chi connectivity index (χ0) is 31.5. The molecule has 246 valence electrons. The fraction of sp³-hybridized carbons (Fsp3) is 0.750. The maximum Gasteiger partial charge on any atom is 0.222 e. The summed E-state index contributed by atoms with van der Waals surface area (Å²) in [6.45, 7) is 12.7. The number of aryl methyl sites for hydroxylation is 1. The molecule has 3 unspecified atom stereocenters. The second kappa shape index (κ2) is 12.2. The van der Waals surface area contributed by atoms with Crippen LogP contribution in [0.2, 0.25) is 0 Å². The van der Waals surface area contributed by atoms with Crippen molar-refractivity contribution in [3.8, 4) is 0 Å². The first-order valence-electron chi connectivity index (χ1n) is 18.5. The SMILES string of the molecule is CC1=C2CC3[C@@H](CC[C@@H]4CC(=O)CC[C@]34C)C2CC[C@@]2(C1)O[C@@H]1C[C@H](C)CN(CCN(C)C(=O)CCc3ccccc3)C1[C@H]2C. The average molecular weight is 615 g/mol. The third kappa shape index (κ3) is 5.66. The molecule has 2 saturated heterocycles. The largest absolute Gasteiger partial charge is 0.369 e. The Morgan fingerprint density at radius 2 is 1.89 bits per heavy atom. The van der Waals surface area contributed by atoms with Crippen LogP contribution in [0.1, 0.15) is 104 Å². The van der Waals surface area contributed by atoms with E-state index in [1.807, 2.05) is 18.0 Å². The van der Waals surface area contributed by atoms with E-state index in [0.717, 1.165) is 70.0 Å². The van der Waals surface area contributed by atoms with E-state index in [1.54, 1.807) is 11.1 Å². The topological polar surface area (TPSA) is 49.9 Å². The van der Waals surface area contributed by atoms with Crippen molar-refractivity contribution in [2.75, 3.05) is 26.7 Å². The second-order valence-corrected chi connectivity index (χ2v) is 16.8. The highest BCUT2D eigenvalue weighted by Crippen LogP contribution is 2.65. The van der Waals surface area contributed by atoms with Crippen LogP contribution in [0.5, 0.6) is 0 Å². The summed E-state index contributed by atoms with van der Waals surface area (Å²) >= 11 is 0. The highest BCUT2D eigenvalue weighted by molar-refractivity contribution is 5.79. The fourth-order valence-corrected chi connectivity index (χ4v) is 11.7. The molecule has 1 aromatic carbocycles. The lowest BCUT2D eigenvalue weighted by Crippen LogP contribution is -2.53. The minimum atomic E-state index is -0.0651. The minimum Gasteiger partial charge on any atom is -0.369 e. The zero-order valence-corrected chi connectivity index (χ0v) is 28.7. The van der Waals surface area contributed by atoms with E-state index < -0.39 is 0 Å². The van der Waals surface area contributed by atoms with Crippen LogP contribution >= 0.6 is 0 Å². The summed E-state index contributed by atoms with van der Waals surface area (Å²) in [4.78, 5) is 30.1. The van der Waals surface area contributed by atoms with Gasteiger partial charge in [0.2, 0.25) is 5.91 Å². The highest BCUT2D eigenvalue weighted by Gasteiger charge is 2.60. The van der Waals surface area contributed by atoms with Crippen LogP contribution in [0.4, 0.5) is 0 Å². The summed E-state index contributed by atoms with van der Waals surface area (Å²) in [6.07, 6.45) is 13.0. The third-order valence-corrected chi connectivity index (χ3v) is 14.3. The first-order chi connectivity index (χ1) is 21.6. The highest BCUT2D eigenvalue weighted by atomic mass is 16.5. The van der Waals surface area contributed by atoms with Crippen molar-refractivity contribution in [3.05, 3.63) is 47.0 Å². The molecule has 6 aliphatic rings. The van der Waals surface area contributed by atoms with Gasteiger partial charge in [0.1, 0.15) is 5.78 Å². The van der Waals surface area contributed by atoms with Gasteiger partial charge in [0.05, 0.1) is 11.7 Å². The molecule has 5 nitrogen and oxygen atoms in total. The van der Waals surface area contributed by atoms with Crippen LogP contribution in [0.15, 0.2) is 41.5 Å². The number of hydrogen-bond donors (Lipinski definition) is 0. The summed E-state index contributed by atoms with van der Waals surface area (Å²) in [7, 11) is 1.99. The number of rotatable bonds is 6. The number of benzene rings is 1. The summed E-state index contributed by atoms with van der Waals surface area (Å²) in [5.74, 6) is 4.74. The predicted molar refractivity (Wildman–Crippen MR) is 180 cm³/mol. The molecule has 10 atom stereocenters. The Morgan fingerprint density at radius 1 is 1.09 bits per heavy atom. The van der Waals surface area contributed by atoms with E-state index in [1.165, 1.54) is 37.7 Å². The minimum absolute atomic E-state index is 0.0651. The van der Waals surface area contributed by atoms with Crippen molar-refractivity contribution < 1.29 is 14.3 Å². The molecule has 4 aliphatic carbocycles. The van der Waals surface area contributed by atoms with Gasteiger partial charge in [-0.3, -0.25) is 14.5 Å². The molecule has 3 saturated carbocycles. The van der Waals surface area contributed by atoms with Gasteiger partial charge in [0.25, 0.3) is 0 Å². The zero-order valence-electron chi connectivity index (χ0n) is 28.7. The van der Waals surface area contributed by atoms with E-state index in [2.05, 4.69) is 56.9 Å². The number of ketones is 1. The van der Waals surface area contributed by atoms with E-state index in [4.69, 9.17) is 4.74 Å². The molecule has 2 aliphatic heterocycles. The van der Waals surface area contributed by atoms with Crippen LogP contribution in [0.3, 0.4) is 0 Å². The fourth-order valence-electron chi connectivity index (χ4n) is 11.7. The van der Waals surface area contributed by atoms with Gasteiger partial charge in [-0.1, -0.05) is 62.2 Å². The Labute approximate surface area is 272 Å². The number of nitrogens with zero attached hydrogens (tertiary/aromatic N) is 2. The molecule has 45 heavy (non-hydrogen) atoms. The van der Waals surface area contributed by atoms with Gasteiger partial charge in [0, 0.05) is 57.9 Å². The summed E-state index contributed by atoms with van der Waals surface area (Å²) < 4.78 is 7.32. The summed E-state index contributed by atoms with van der Waals surface area (Å²) in [6, 6.07) is 10.8. The molecule has 1 aromatic rings. The number of likely N-dealkylation sites (N-methyl/N-ethyl adjacent to an activating group) is 1. The van der Waals surface area contributed by atoms with Crippen LogP contribution in [0.25, 0.3) is 0 Å². The van der Waals surface area contributed by atoms with Crippen molar-refractivity contribution in [3.63, 3.8) is 0 Å². The number of fused-ring (bicyclic) bond motifs is 6. The van der Waals surface area contributed by atoms with E-state index in [-0.39, 0.29) is 11.5 Å². The molecule has 2 heterocycles. The Bertz CT molecular complexity index is 1310. The first-order valence-corrected chi connectivity index (χ1v) is 18.5. The van der Waals surface area contributed by atoms with Crippen molar-refractivity contribution >= 4 is 11.7 Å². The van der Waals surface area contributed by atoms with Crippen molar-refractivity contribution in [2.45, 2.75) is 122 Å². The smallest absolute Gasteiger partial charge is 0.222 e. The monoisotopic (exact) mass is 614 g/mol. The number of carbonyl (C=O) groups excluding carboxylic acids is 2. The van der Waals surface area contributed by atoms with Crippen LogP contribution in [-0.4, -0.2) is 65.9 Å². The molecule has 0 bridgehead atoms. The van der Waals surface area contributed by atoms with Crippen molar-refractivity contribution in [1.29, 1.82) is 0 Å². The van der Waals surface area contributed by atoms with Crippen LogP contribution < -0.4 is 0 Å². The summed E-state index contributed by atoms with van der Waals surface area (Å²) in [5, 5.41) is 0. The van der Waals surface area contributed by atoms with Gasteiger partial charge in [0.15, 0.2) is 0 Å². The van der Waals surface area contributed by atoms with Crippen molar-refractivity contribution in [2.24, 2.45) is 40.9 Å². The van der Waals surface area contributed by atoms with E-state index in [9.17, 15) is 9.59 Å². The number of likely N-dealkylation sites (tertiary alicyclic amines) is 1. The molecule has 5 fully saturated rings. The number of ether oxygens (including phenoxy) is 1. The standard InChI is InChI=1S/C40H58N2O3/c1-26-21-36-38(42(25-26)20-19-41(5)37(44)14-11-29-9-7-6-8-10-29)28(3)40(45-36)18-16-32-33-13-12-30-22-31(43)15-17-39(30,4)35(33)23-34(32)27(2)24-40/h6-10,26,28,30,32-33,35-36,38H,11-25H2,1-5H3/t26-,28+,30+,32?,33-,35?,36+,38?,39-,40-/m0/s1. The molecular weight excluding hydrogens is 556 g/mol. The van der Waals surface area contributed by atoms with Gasteiger partial charge in [-0.15, -0.1) is 0 Å². The lowest BCUT2D eigenvalue weighted by Gasteiger charge is -2.52. The lowest BCUT2D eigenvalue weighted by atomic mass is 9.52. The van der Waals surface area contributed by atoms with E-state index >= 15 is 0 Å². The van der Waals surface area contributed by atoms with Crippen LogP contribution in [0, 0.1) is 40.9 Å². The average Bonchev–Trinajstić information content (AvgIpc) is 3.49. The predicted octanol–water partition coefficient (Wildman–Crippen LogP) is 7.48. The maximum absolute atomic E-state index is 13.0. The molecule has 5 heteroatoms. The lowest BCUT2D eigenvalue weighted by molar-refractivity contribution is -0.131. The van der Waals surface area contributed by atoms with Crippen LogP contribution in [-0.2, 0) is 20.7 Å². The number of amides is 1. The molecule has 1 amide bonds. The van der Waals surface area contributed by atoms with Gasteiger partial charge >= 0.3 is 0 Å². The number of piperidine rings is 1. The molecule has 0 N–H and O–H groups in total. The quantitative estimate of drug-likeness (QED) is 0.312. The van der Waals surface area contributed by atoms with Gasteiger partial charge in [-0.2, -0.15) is 0 Å². The second-order valence-electron chi connectivity index (χ2n) is 16.8. The van der Waals surface area contributed by atoms with Gasteiger partial charge in [-0.25, -0.2) is 0 Å². The first kappa shape index (κ1) is 31.6. The van der Waals surface area contributed by atoms with E-state index in [0.29, 0.717) is 53.4 Å². The molecule has 0 radical (unpaired) electrons. The number of Topliss-reactive ketones (excluding diaryl/α,β-unsaturated/α-hetero) is 1. The maximum atomic E-state index is 13.0. The molecule has 7 rings (SSSR count). The Balaban J connectivity index is 1.03. The van der Waals surface area contributed by atoms with Gasteiger partial charge in [-0.05, 0) is 105 Å². The molecular formula is C40H58N2O3.